The Bertz CT molecular complexity index is 623. The highest BCUT2D eigenvalue weighted by atomic mass is 32.2. The molecule has 1 unspecified atom stereocenters. The number of aromatic nitrogens is 2. The molecule has 1 aromatic heterocycles. The molecule has 0 spiro atoms. The van der Waals surface area contributed by atoms with Crippen molar-refractivity contribution in [2.45, 2.75) is 43.5 Å². The van der Waals surface area contributed by atoms with Crippen molar-refractivity contribution >= 4 is 17.5 Å². The van der Waals surface area contributed by atoms with Gasteiger partial charge >= 0.3 is 0 Å². The van der Waals surface area contributed by atoms with Gasteiger partial charge in [0.15, 0.2) is 10.9 Å². The predicted molar refractivity (Wildman–Crippen MR) is 88.0 cm³/mol. The van der Waals surface area contributed by atoms with Crippen LogP contribution in [0, 0.1) is 0 Å². The van der Waals surface area contributed by atoms with Gasteiger partial charge in [-0.1, -0.05) is 56.8 Å². The number of ketones is 1. The molecule has 0 fully saturated rings. The summed E-state index contributed by atoms with van der Waals surface area (Å²) in [5.41, 5.74) is 2.11. The number of imidazole rings is 1. The van der Waals surface area contributed by atoms with Gasteiger partial charge in [-0.15, -0.1) is 0 Å². The third kappa shape index (κ3) is 3.76. The van der Waals surface area contributed by atoms with Crippen molar-refractivity contribution in [1.82, 2.24) is 9.55 Å². The van der Waals surface area contributed by atoms with Gasteiger partial charge in [0.2, 0.25) is 0 Å². The van der Waals surface area contributed by atoms with Crippen molar-refractivity contribution in [3.63, 3.8) is 0 Å². The van der Waals surface area contributed by atoms with Crippen molar-refractivity contribution < 1.29 is 4.79 Å². The van der Waals surface area contributed by atoms with Crippen LogP contribution < -0.4 is 0 Å². The van der Waals surface area contributed by atoms with Crippen LogP contribution in [0.4, 0.5) is 0 Å². The number of benzene rings is 1. The van der Waals surface area contributed by atoms with Crippen LogP contribution in [0.3, 0.4) is 0 Å². The molecule has 0 radical (unpaired) electrons. The molecule has 0 aliphatic rings. The van der Waals surface area contributed by atoms with Crippen molar-refractivity contribution in [2.24, 2.45) is 7.05 Å². The number of hydrogen-bond donors (Lipinski definition) is 0. The summed E-state index contributed by atoms with van der Waals surface area (Å²) in [6, 6.07) is 7.95. The Balaban J connectivity index is 2.11. The molecule has 1 atom stereocenters. The van der Waals surface area contributed by atoms with Crippen LogP contribution in [0.5, 0.6) is 0 Å². The van der Waals surface area contributed by atoms with Gasteiger partial charge in [-0.25, -0.2) is 4.98 Å². The first kappa shape index (κ1) is 15.8. The van der Waals surface area contributed by atoms with Crippen LogP contribution in [-0.4, -0.2) is 20.6 Å². The van der Waals surface area contributed by atoms with Crippen molar-refractivity contribution in [3.8, 4) is 0 Å². The average Bonchev–Trinajstić information content (AvgIpc) is 2.82. The fraction of sp³-hybridized carbons (Fsp3) is 0.412. The van der Waals surface area contributed by atoms with E-state index in [1.807, 2.05) is 49.0 Å². The Morgan fingerprint density at radius 2 is 1.86 bits per heavy atom. The molecule has 4 heteroatoms. The number of Topliss-reactive ketones (excluding diaryl/α,β-unsaturated/α-hetero) is 1. The molecular weight excluding hydrogens is 280 g/mol. The summed E-state index contributed by atoms with van der Waals surface area (Å²) >= 11 is 1.49. The van der Waals surface area contributed by atoms with Crippen LogP contribution in [0.2, 0.25) is 0 Å². The Morgan fingerprint density at radius 1 is 1.24 bits per heavy atom. The van der Waals surface area contributed by atoms with E-state index < -0.39 is 0 Å². The lowest BCUT2D eigenvalue weighted by molar-refractivity contribution is 0.0994. The maximum absolute atomic E-state index is 12.5. The summed E-state index contributed by atoms with van der Waals surface area (Å²) in [7, 11) is 1.94. The first-order chi connectivity index (χ1) is 9.79. The molecular formula is C17H22N2OS. The van der Waals surface area contributed by atoms with Crippen molar-refractivity contribution in [3.05, 3.63) is 47.8 Å². The number of aryl methyl sites for hydroxylation is 1. The Hall–Kier alpha value is -1.55. The molecule has 1 heterocycles. The zero-order valence-electron chi connectivity index (χ0n) is 13.3. The van der Waals surface area contributed by atoms with Crippen LogP contribution in [0.25, 0.3) is 0 Å². The van der Waals surface area contributed by atoms with Gasteiger partial charge < -0.3 is 4.57 Å². The number of hydrogen-bond acceptors (Lipinski definition) is 3. The fourth-order valence-electron chi connectivity index (χ4n) is 2.05. The lowest BCUT2D eigenvalue weighted by atomic mass is 9.86. The largest absolute Gasteiger partial charge is 0.329 e. The number of rotatable bonds is 4. The SMILES string of the molecule is CC(Sc1nccn1C)C(=O)c1ccc(C(C)(C)C)cc1. The summed E-state index contributed by atoms with van der Waals surface area (Å²) in [5, 5.41) is 0.716. The minimum absolute atomic E-state index is 0.106. The zero-order chi connectivity index (χ0) is 15.6. The van der Waals surface area contributed by atoms with Gasteiger partial charge in [0.25, 0.3) is 0 Å². The molecule has 0 saturated carbocycles. The molecule has 3 nitrogen and oxygen atoms in total. The molecule has 0 aliphatic carbocycles. The highest BCUT2D eigenvalue weighted by molar-refractivity contribution is 8.00. The number of carbonyl (C=O) groups excluding carboxylic acids is 1. The maximum Gasteiger partial charge on any atom is 0.175 e. The summed E-state index contributed by atoms with van der Waals surface area (Å²) in [6.07, 6.45) is 3.63. The van der Waals surface area contributed by atoms with Crippen molar-refractivity contribution in [1.29, 1.82) is 0 Å². The third-order valence-electron chi connectivity index (χ3n) is 3.46. The second kappa shape index (κ2) is 6.06. The molecule has 0 bridgehead atoms. The summed E-state index contributed by atoms with van der Waals surface area (Å²) < 4.78 is 1.93. The number of thioether (sulfide) groups is 1. The molecule has 2 rings (SSSR count). The monoisotopic (exact) mass is 302 g/mol. The first-order valence-corrected chi connectivity index (χ1v) is 7.96. The quantitative estimate of drug-likeness (QED) is 0.630. The van der Waals surface area contributed by atoms with Crippen molar-refractivity contribution in [2.75, 3.05) is 0 Å². The average molecular weight is 302 g/mol. The van der Waals surface area contributed by atoms with E-state index in [1.165, 1.54) is 17.3 Å². The summed E-state index contributed by atoms with van der Waals surface area (Å²) in [4.78, 5) is 16.7. The Labute approximate surface area is 130 Å². The minimum Gasteiger partial charge on any atom is -0.329 e. The lowest BCUT2D eigenvalue weighted by Crippen LogP contribution is -2.15. The standard InChI is InChI=1S/C17H22N2OS/c1-12(21-16-18-10-11-19(16)5)15(20)13-6-8-14(9-7-13)17(2,3)4/h6-12H,1-5H3. The topological polar surface area (TPSA) is 34.9 Å². The van der Waals surface area contributed by atoms with Crippen LogP contribution in [0.1, 0.15) is 43.6 Å². The zero-order valence-corrected chi connectivity index (χ0v) is 14.1. The second-order valence-electron chi connectivity index (χ2n) is 6.27. The highest BCUT2D eigenvalue weighted by Gasteiger charge is 2.19. The number of nitrogens with zero attached hydrogens (tertiary/aromatic N) is 2. The number of carbonyl (C=O) groups is 1. The van der Waals surface area contributed by atoms with Gasteiger partial charge in [-0.2, -0.15) is 0 Å². The second-order valence-corrected chi connectivity index (χ2v) is 7.58. The van der Waals surface area contributed by atoms with Gasteiger partial charge in [0.05, 0.1) is 5.25 Å². The molecule has 21 heavy (non-hydrogen) atoms. The van der Waals surface area contributed by atoms with Crippen LogP contribution >= 0.6 is 11.8 Å². The van der Waals surface area contributed by atoms with Crippen LogP contribution in [0.15, 0.2) is 41.8 Å². The summed E-state index contributed by atoms with van der Waals surface area (Å²) in [5.74, 6) is 0.142. The third-order valence-corrected chi connectivity index (χ3v) is 4.64. The fourth-order valence-corrected chi connectivity index (χ4v) is 2.95. The molecule has 112 valence electrons. The van der Waals surface area contributed by atoms with Gasteiger partial charge in [-0.05, 0) is 17.9 Å². The van der Waals surface area contributed by atoms with Gasteiger partial charge in [0.1, 0.15) is 0 Å². The molecule has 1 aromatic carbocycles. The normalized spacial score (nSPS) is 13.2. The molecule has 0 N–H and O–H groups in total. The Morgan fingerprint density at radius 3 is 2.33 bits per heavy atom. The minimum atomic E-state index is -0.147. The smallest absolute Gasteiger partial charge is 0.175 e. The van der Waals surface area contributed by atoms with E-state index in [0.717, 1.165) is 10.7 Å². The predicted octanol–water partition coefficient (Wildman–Crippen LogP) is 4.08. The van der Waals surface area contributed by atoms with Gasteiger partial charge in [-0.3, -0.25) is 4.79 Å². The maximum atomic E-state index is 12.5. The molecule has 2 aromatic rings. The molecule has 0 saturated heterocycles. The van der Waals surface area contributed by atoms with Gasteiger partial charge in [0, 0.05) is 25.0 Å². The molecule has 0 amide bonds. The Kier molecular flexibility index (Phi) is 4.57. The van der Waals surface area contributed by atoms with E-state index in [0.29, 0.717) is 0 Å². The van der Waals surface area contributed by atoms with E-state index in [9.17, 15) is 4.79 Å². The van der Waals surface area contributed by atoms with E-state index >= 15 is 0 Å². The molecule has 0 aliphatic heterocycles. The van der Waals surface area contributed by atoms with E-state index in [1.54, 1.807) is 6.20 Å². The van der Waals surface area contributed by atoms with Crippen LogP contribution in [-0.2, 0) is 12.5 Å². The lowest BCUT2D eigenvalue weighted by Gasteiger charge is -2.19. The highest BCUT2D eigenvalue weighted by Crippen LogP contribution is 2.26. The van der Waals surface area contributed by atoms with E-state index in [2.05, 4.69) is 25.8 Å². The van der Waals surface area contributed by atoms with E-state index in [-0.39, 0.29) is 16.4 Å². The van der Waals surface area contributed by atoms with E-state index in [4.69, 9.17) is 0 Å². The summed E-state index contributed by atoms with van der Waals surface area (Å²) in [6.45, 7) is 8.44. The first-order valence-electron chi connectivity index (χ1n) is 7.08.